The van der Waals surface area contributed by atoms with Crippen molar-refractivity contribution in [3.05, 3.63) is 83.4 Å². The van der Waals surface area contributed by atoms with Crippen LogP contribution in [-0.2, 0) is 19.9 Å². The molecule has 0 saturated carbocycles. The van der Waals surface area contributed by atoms with Crippen molar-refractivity contribution in [2.45, 2.75) is 14.7 Å². The van der Waals surface area contributed by atoms with Crippen LogP contribution in [0.5, 0.6) is 0 Å². The summed E-state index contributed by atoms with van der Waals surface area (Å²) in [5.74, 6) is -1.02. The van der Waals surface area contributed by atoms with Crippen LogP contribution in [0, 0.1) is 0 Å². The number of fused-ring (bicyclic) bond motifs is 2. The highest BCUT2D eigenvalue weighted by Crippen LogP contribution is 2.34. The molecule has 1 amide bonds. The number of hydrogen-bond donors (Lipinski definition) is 1. The Morgan fingerprint density at radius 1 is 0.875 bits per heavy atom. The van der Waals surface area contributed by atoms with Gasteiger partial charge >= 0.3 is 0 Å². The van der Waals surface area contributed by atoms with Crippen LogP contribution in [0.4, 0.5) is 5.69 Å². The Morgan fingerprint density at radius 3 is 2.16 bits per heavy atom. The van der Waals surface area contributed by atoms with Crippen molar-refractivity contribution in [3.63, 3.8) is 0 Å². The van der Waals surface area contributed by atoms with Gasteiger partial charge in [0, 0.05) is 36.5 Å². The predicted octanol–water partition coefficient (Wildman–Crippen LogP) is 2.57. The summed E-state index contributed by atoms with van der Waals surface area (Å²) in [6.45, 7) is 0. The summed E-state index contributed by atoms with van der Waals surface area (Å²) < 4.78 is 51.4. The third kappa shape index (κ3) is 3.52. The molecular formula is C22H18N2O6S2. The number of anilines is 1. The van der Waals surface area contributed by atoms with Crippen molar-refractivity contribution in [1.82, 2.24) is 4.31 Å². The molecule has 0 spiro atoms. The minimum Gasteiger partial charge on any atom is -0.322 e. The second-order valence-corrected chi connectivity index (χ2v) is 11.3. The lowest BCUT2D eigenvalue weighted by molar-refractivity contribution is 0.101. The topological polar surface area (TPSA) is 118 Å². The van der Waals surface area contributed by atoms with E-state index in [4.69, 9.17) is 0 Å². The molecule has 0 atom stereocenters. The molecule has 0 aromatic heterocycles. The number of carbonyl (C=O) groups excluding carboxylic acids is 2. The number of ketones is 1. The van der Waals surface area contributed by atoms with Gasteiger partial charge in [-0.05, 0) is 54.6 Å². The molecule has 1 N–H and O–H groups in total. The Hall–Kier alpha value is -3.34. The van der Waals surface area contributed by atoms with Gasteiger partial charge in [-0.25, -0.2) is 21.1 Å². The van der Waals surface area contributed by atoms with E-state index in [0.29, 0.717) is 5.69 Å². The highest BCUT2D eigenvalue weighted by atomic mass is 32.2. The number of carbonyl (C=O) groups is 2. The molecule has 1 aliphatic rings. The van der Waals surface area contributed by atoms with Gasteiger partial charge in [-0.3, -0.25) is 9.59 Å². The van der Waals surface area contributed by atoms with Gasteiger partial charge < -0.3 is 5.32 Å². The van der Waals surface area contributed by atoms with Crippen molar-refractivity contribution >= 4 is 37.2 Å². The number of amides is 1. The van der Waals surface area contributed by atoms with Crippen LogP contribution in [0.2, 0.25) is 0 Å². The van der Waals surface area contributed by atoms with Gasteiger partial charge in [-0.2, -0.15) is 0 Å². The summed E-state index contributed by atoms with van der Waals surface area (Å²) in [6.07, 6.45) is 0. The Bertz CT molecular complexity index is 1480. The van der Waals surface area contributed by atoms with E-state index in [9.17, 15) is 26.4 Å². The van der Waals surface area contributed by atoms with Crippen LogP contribution in [-0.4, -0.2) is 46.9 Å². The van der Waals surface area contributed by atoms with Crippen molar-refractivity contribution < 1.29 is 26.4 Å². The predicted molar refractivity (Wildman–Crippen MR) is 117 cm³/mol. The van der Waals surface area contributed by atoms with Crippen LogP contribution < -0.4 is 5.32 Å². The molecule has 3 aromatic rings. The molecule has 10 heteroatoms. The lowest BCUT2D eigenvalue weighted by Gasteiger charge is -2.19. The molecule has 4 rings (SSSR count). The zero-order chi connectivity index (χ0) is 23.3. The lowest BCUT2D eigenvalue weighted by atomic mass is 10.0. The number of hydrogen-bond acceptors (Lipinski definition) is 6. The van der Waals surface area contributed by atoms with Gasteiger partial charge in [-0.15, -0.1) is 0 Å². The Morgan fingerprint density at radius 2 is 1.50 bits per heavy atom. The zero-order valence-corrected chi connectivity index (χ0v) is 18.7. The van der Waals surface area contributed by atoms with E-state index >= 15 is 0 Å². The second-order valence-electron chi connectivity index (χ2n) is 7.31. The molecule has 0 bridgehead atoms. The Kier molecular flexibility index (Phi) is 5.24. The maximum Gasteiger partial charge on any atom is 0.255 e. The molecule has 32 heavy (non-hydrogen) atoms. The third-order valence-corrected chi connectivity index (χ3v) is 8.77. The summed E-state index contributed by atoms with van der Waals surface area (Å²) in [5, 5.41) is 2.60. The minimum atomic E-state index is -3.97. The largest absolute Gasteiger partial charge is 0.322 e. The molecule has 1 aliphatic heterocycles. The van der Waals surface area contributed by atoms with E-state index in [0.717, 1.165) is 4.31 Å². The first-order chi connectivity index (χ1) is 15.0. The van der Waals surface area contributed by atoms with Crippen LogP contribution in [0.3, 0.4) is 0 Å². The van der Waals surface area contributed by atoms with E-state index in [1.807, 2.05) is 0 Å². The molecule has 3 aromatic carbocycles. The lowest BCUT2D eigenvalue weighted by Crippen LogP contribution is -2.22. The molecule has 0 radical (unpaired) electrons. The molecule has 0 fully saturated rings. The Labute approximate surface area is 185 Å². The SMILES string of the molecule is CN(C)S(=O)(=O)c1ccc(NC(=O)c2ccc3c(c2)S(=O)(=O)c2ccccc2C3=O)cc1. The quantitative estimate of drug-likeness (QED) is 0.490. The van der Waals surface area contributed by atoms with E-state index in [-0.39, 0.29) is 31.4 Å². The third-order valence-electron chi connectivity index (χ3n) is 5.09. The number of nitrogens with zero attached hydrogens (tertiary/aromatic N) is 1. The summed E-state index contributed by atoms with van der Waals surface area (Å²) in [4.78, 5) is 25.2. The van der Waals surface area contributed by atoms with E-state index in [1.54, 1.807) is 6.07 Å². The first-order valence-corrected chi connectivity index (χ1v) is 12.3. The van der Waals surface area contributed by atoms with E-state index in [1.165, 1.54) is 74.8 Å². The van der Waals surface area contributed by atoms with E-state index in [2.05, 4.69) is 5.32 Å². The molecule has 164 valence electrons. The average molecular weight is 471 g/mol. The smallest absolute Gasteiger partial charge is 0.255 e. The molecule has 1 heterocycles. The number of rotatable bonds is 4. The minimum absolute atomic E-state index is 0.0125. The van der Waals surface area contributed by atoms with Crippen LogP contribution in [0.1, 0.15) is 26.3 Å². The second kappa shape index (κ2) is 7.66. The van der Waals surface area contributed by atoms with Gasteiger partial charge in [0.2, 0.25) is 19.9 Å². The van der Waals surface area contributed by atoms with Crippen molar-refractivity contribution in [2.75, 3.05) is 19.4 Å². The van der Waals surface area contributed by atoms with Gasteiger partial charge in [0.05, 0.1) is 14.7 Å². The molecular weight excluding hydrogens is 452 g/mol. The van der Waals surface area contributed by atoms with Gasteiger partial charge in [0.15, 0.2) is 5.78 Å². The van der Waals surface area contributed by atoms with Crippen molar-refractivity contribution in [3.8, 4) is 0 Å². The number of sulfonamides is 1. The van der Waals surface area contributed by atoms with Crippen LogP contribution in [0.25, 0.3) is 0 Å². The molecule has 0 aliphatic carbocycles. The standard InChI is InChI=1S/C22H18N2O6S2/c1-24(2)32(29,30)16-10-8-15(9-11-16)23-22(26)14-7-12-18-20(13-14)31(27,28)19-6-4-3-5-17(19)21(18)25/h3-13H,1-2H3,(H,23,26). The van der Waals surface area contributed by atoms with Gasteiger partial charge in [0.1, 0.15) is 0 Å². The average Bonchev–Trinajstić information content (AvgIpc) is 2.77. The first-order valence-electron chi connectivity index (χ1n) is 9.40. The molecule has 0 unspecified atom stereocenters. The number of sulfone groups is 1. The Balaban J connectivity index is 1.65. The fourth-order valence-corrected chi connectivity index (χ4v) is 5.93. The maximum absolute atomic E-state index is 13.0. The number of nitrogens with one attached hydrogen (secondary N) is 1. The van der Waals surface area contributed by atoms with Gasteiger partial charge in [0.25, 0.3) is 5.91 Å². The van der Waals surface area contributed by atoms with Crippen molar-refractivity contribution in [1.29, 1.82) is 0 Å². The van der Waals surface area contributed by atoms with Crippen LogP contribution in [0.15, 0.2) is 81.4 Å². The summed E-state index contributed by atoms with van der Waals surface area (Å²) in [6, 6.07) is 15.4. The maximum atomic E-state index is 13.0. The highest BCUT2D eigenvalue weighted by Gasteiger charge is 2.35. The zero-order valence-electron chi connectivity index (χ0n) is 17.1. The monoisotopic (exact) mass is 470 g/mol. The normalized spacial score (nSPS) is 14.5. The fraction of sp³-hybridized carbons (Fsp3) is 0.0909. The fourth-order valence-electron chi connectivity index (χ4n) is 3.35. The van der Waals surface area contributed by atoms with Gasteiger partial charge in [-0.1, -0.05) is 12.1 Å². The van der Waals surface area contributed by atoms with Crippen LogP contribution >= 0.6 is 0 Å². The van der Waals surface area contributed by atoms with Crippen molar-refractivity contribution in [2.24, 2.45) is 0 Å². The summed E-state index contributed by atoms with van der Waals surface area (Å²) in [7, 11) is -4.74. The van der Waals surface area contributed by atoms with E-state index < -0.39 is 31.6 Å². The summed E-state index contributed by atoms with van der Waals surface area (Å²) >= 11 is 0. The molecule has 8 nitrogen and oxygen atoms in total. The first kappa shape index (κ1) is 21.9. The highest BCUT2D eigenvalue weighted by molar-refractivity contribution is 7.91. The number of benzene rings is 3. The molecule has 0 saturated heterocycles. The summed E-state index contributed by atoms with van der Waals surface area (Å²) in [5.41, 5.74) is 0.489.